The van der Waals surface area contributed by atoms with Gasteiger partial charge in [-0.05, 0) is 25.7 Å². The van der Waals surface area contributed by atoms with Gasteiger partial charge in [0.2, 0.25) is 0 Å². The van der Waals surface area contributed by atoms with Crippen molar-refractivity contribution in [3.8, 4) is 0 Å². The number of fused-ring (bicyclic) bond motifs is 1. The Morgan fingerprint density at radius 3 is 2.75 bits per heavy atom. The largest absolute Gasteiger partial charge is 0.379 e. The van der Waals surface area contributed by atoms with E-state index in [9.17, 15) is 9.59 Å². The van der Waals surface area contributed by atoms with Crippen molar-refractivity contribution in [3.05, 3.63) is 0 Å². The Kier molecular flexibility index (Phi) is 2.35. The van der Waals surface area contributed by atoms with Gasteiger partial charge in [0.1, 0.15) is 6.04 Å². The average Bonchev–Trinajstić information content (AvgIpc) is 2.89. The number of rotatable bonds is 1. The second-order valence-corrected chi connectivity index (χ2v) is 4.71. The molecule has 3 fully saturated rings. The summed E-state index contributed by atoms with van der Waals surface area (Å²) in [6.07, 6.45) is 3.69. The molecule has 16 heavy (non-hydrogen) atoms. The molecule has 3 rings (SSSR count). The smallest absolute Gasteiger partial charge is 0.327 e. The van der Waals surface area contributed by atoms with Crippen LogP contribution >= 0.6 is 0 Å². The Morgan fingerprint density at radius 2 is 2.06 bits per heavy atom. The van der Waals surface area contributed by atoms with Gasteiger partial charge in [-0.15, -0.1) is 0 Å². The van der Waals surface area contributed by atoms with Crippen LogP contribution in [0.15, 0.2) is 0 Å². The number of imide groups is 1. The van der Waals surface area contributed by atoms with Gasteiger partial charge in [0, 0.05) is 13.2 Å². The Morgan fingerprint density at radius 1 is 1.19 bits per heavy atom. The number of piperidine rings is 1. The lowest BCUT2D eigenvalue weighted by Gasteiger charge is -2.26. The molecule has 0 radical (unpaired) electrons. The fourth-order valence-corrected chi connectivity index (χ4v) is 2.87. The van der Waals surface area contributed by atoms with E-state index >= 15 is 0 Å². The molecule has 0 saturated carbocycles. The van der Waals surface area contributed by atoms with Gasteiger partial charge in [-0.1, -0.05) is 0 Å². The van der Waals surface area contributed by atoms with Crippen LogP contribution in [0.25, 0.3) is 0 Å². The van der Waals surface area contributed by atoms with E-state index in [2.05, 4.69) is 0 Å². The van der Waals surface area contributed by atoms with Crippen LogP contribution in [-0.2, 0) is 9.53 Å². The molecule has 0 aromatic carbocycles. The first-order chi connectivity index (χ1) is 7.79. The van der Waals surface area contributed by atoms with Gasteiger partial charge in [-0.25, -0.2) is 4.79 Å². The third kappa shape index (κ3) is 1.34. The fourth-order valence-electron chi connectivity index (χ4n) is 2.87. The van der Waals surface area contributed by atoms with Gasteiger partial charge in [-0.3, -0.25) is 9.69 Å². The Hall–Kier alpha value is -1.10. The van der Waals surface area contributed by atoms with Gasteiger partial charge < -0.3 is 9.64 Å². The molecule has 3 saturated heterocycles. The molecule has 0 N–H and O–H groups in total. The molecule has 0 aliphatic carbocycles. The lowest BCUT2D eigenvalue weighted by atomic mass is 10.0. The Labute approximate surface area is 94.3 Å². The first-order valence-electron chi connectivity index (χ1n) is 6.00. The van der Waals surface area contributed by atoms with Crippen LogP contribution in [0.2, 0.25) is 0 Å². The molecular weight excluding hydrogens is 208 g/mol. The molecule has 3 amide bonds. The van der Waals surface area contributed by atoms with Crippen molar-refractivity contribution in [1.82, 2.24) is 9.80 Å². The number of carbonyl (C=O) groups excluding carboxylic acids is 2. The van der Waals surface area contributed by atoms with E-state index < -0.39 is 0 Å². The SMILES string of the molecule is O=C1C2CCCCN2C(=O)N1C1CCOC1. The van der Waals surface area contributed by atoms with Crippen molar-refractivity contribution in [2.24, 2.45) is 0 Å². The number of carbonyl (C=O) groups is 2. The number of urea groups is 1. The van der Waals surface area contributed by atoms with Crippen LogP contribution in [0.5, 0.6) is 0 Å². The quantitative estimate of drug-likeness (QED) is 0.613. The summed E-state index contributed by atoms with van der Waals surface area (Å²) in [7, 11) is 0. The minimum atomic E-state index is -0.179. The van der Waals surface area contributed by atoms with Crippen LogP contribution in [0.1, 0.15) is 25.7 Å². The van der Waals surface area contributed by atoms with Crippen LogP contribution in [0.3, 0.4) is 0 Å². The fraction of sp³-hybridized carbons (Fsp3) is 0.818. The highest BCUT2D eigenvalue weighted by Crippen LogP contribution is 2.29. The summed E-state index contributed by atoms with van der Waals surface area (Å²) < 4.78 is 5.25. The van der Waals surface area contributed by atoms with Crippen molar-refractivity contribution in [1.29, 1.82) is 0 Å². The highest BCUT2D eigenvalue weighted by Gasteiger charge is 2.49. The third-order valence-corrected chi connectivity index (χ3v) is 3.75. The Bertz CT molecular complexity index is 301. The normalized spacial score (nSPS) is 34.8. The number of ether oxygens (including phenoxy) is 1. The maximum atomic E-state index is 12.1. The minimum Gasteiger partial charge on any atom is -0.379 e. The number of nitrogens with zero attached hydrogens (tertiary/aromatic N) is 2. The molecule has 5 nitrogen and oxygen atoms in total. The van der Waals surface area contributed by atoms with E-state index in [0.717, 1.165) is 32.2 Å². The summed E-state index contributed by atoms with van der Waals surface area (Å²) in [6, 6.07) is -0.294. The van der Waals surface area contributed by atoms with E-state index in [1.807, 2.05) is 0 Å². The molecule has 0 aromatic heterocycles. The molecule has 3 heterocycles. The standard InChI is InChI=1S/C11H16N2O3/c14-10-9-3-1-2-5-12(9)11(15)13(10)8-4-6-16-7-8/h8-9H,1-7H2. The maximum absolute atomic E-state index is 12.1. The first-order valence-corrected chi connectivity index (χ1v) is 6.00. The zero-order valence-corrected chi connectivity index (χ0v) is 9.22. The number of hydrogen-bond donors (Lipinski definition) is 0. The summed E-state index contributed by atoms with van der Waals surface area (Å²) in [6.45, 7) is 1.91. The monoisotopic (exact) mass is 224 g/mol. The van der Waals surface area contributed by atoms with Crippen molar-refractivity contribution < 1.29 is 14.3 Å². The highest BCUT2D eigenvalue weighted by atomic mass is 16.5. The molecule has 0 aromatic rings. The number of hydrogen-bond acceptors (Lipinski definition) is 3. The second kappa shape index (κ2) is 3.73. The molecule has 2 unspecified atom stereocenters. The molecule has 88 valence electrons. The van der Waals surface area contributed by atoms with Gasteiger partial charge in [0.15, 0.2) is 0 Å². The van der Waals surface area contributed by atoms with Crippen LogP contribution in [0.4, 0.5) is 4.79 Å². The van der Waals surface area contributed by atoms with Gasteiger partial charge in [0.05, 0.1) is 12.6 Å². The summed E-state index contributed by atoms with van der Waals surface area (Å²) >= 11 is 0. The van der Waals surface area contributed by atoms with E-state index in [1.165, 1.54) is 4.90 Å². The highest BCUT2D eigenvalue weighted by molar-refractivity contribution is 6.04. The predicted octanol–water partition coefficient (Wildman–Crippen LogP) is 0.592. The van der Waals surface area contributed by atoms with Crippen molar-refractivity contribution in [2.45, 2.75) is 37.8 Å². The molecular formula is C11H16N2O3. The molecule has 0 bridgehead atoms. The summed E-state index contributed by atoms with van der Waals surface area (Å²) in [5, 5.41) is 0. The van der Waals surface area contributed by atoms with E-state index in [0.29, 0.717) is 13.2 Å². The predicted molar refractivity (Wildman–Crippen MR) is 55.8 cm³/mol. The van der Waals surface area contributed by atoms with Crippen molar-refractivity contribution in [2.75, 3.05) is 19.8 Å². The van der Waals surface area contributed by atoms with Crippen LogP contribution in [-0.4, -0.2) is 53.6 Å². The minimum absolute atomic E-state index is 0.000185. The van der Waals surface area contributed by atoms with Crippen LogP contribution in [0, 0.1) is 0 Å². The third-order valence-electron chi connectivity index (χ3n) is 3.75. The number of amides is 3. The summed E-state index contributed by atoms with van der Waals surface area (Å²) in [5.74, 6) is 0.000185. The van der Waals surface area contributed by atoms with Crippen molar-refractivity contribution >= 4 is 11.9 Å². The van der Waals surface area contributed by atoms with Crippen LogP contribution < -0.4 is 0 Å². The van der Waals surface area contributed by atoms with Gasteiger partial charge in [0.25, 0.3) is 5.91 Å². The Balaban J connectivity index is 1.83. The average molecular weight is 224 g/mol. The first kappa shape index (κ1) is 10.1. The molecule has 3 aliphatic rings. The topological polar surface area (TPSA) is 49.9 Å². The lowest BCUT2D eigenvalue weighted by molar-refractivity contribution is -0.130. The van der Waals surface area contributed by atoms with E-state index in [1.54, 1.807) is 4.90 Å². The second-order valence-electron chi connectivity index (χ2n) is 4.71. The van der Waals surface area contributed by atoms with E-state index in [4.69, 9.17) is 4.74 Å². The maximum Gasteiger partial charge on any atom is 0.327 e. The summed E-state index contributed by atoms with van der Waals surface area (Å²) in [5.41, 5.74) is 0. The van der Waals surface area contributed by atoms with Gasteiger partial charge >= 0.3 is 6.03 Å². The van der Waals surface area contributed by atoms with Gasteiger partial charge in [-0.2, -0.15) is 0 Å². The zero-order valence-electron chi connectivity index (χ0n) is 9.22. The van der Waals surface area contributed by atoms with E-state index in [-0.39, 0.29) is 24.0 Å². The summed E-state index contributed by atoms with van der Waals surface area (Å²) in [4.78, 5) is 27.4. The molecule has 2 atom stereocenters. The molecule has 5 heteroatoms. The zero-order chi connectivity index (χ0) is 11.1. The van der Waals surface area contributed by atoms with Crippen molar-refractivity contribution in [3.63, 3.8) is 0 Å². The molecule has 0 spiro atoms. The molecule has 3 aliphatic heterocycles. The lowest BCUT2D eigenvalue weighted by Crippen LogP contribution is -2.41.